The van der Waals surface area contributed by atoms with Crippen LogP contribution in [0, 0.1) is 6.92 Å². The summed E-state index contributed by atoms with van der Waals surface area (Å²) in [5, 5.41) is 16.6. The smallest absolute Gasteiger partial charge is 0.256 e. The van der Waals surface area contributed by atoms with Crippen LogP contribution in [0.1, 0.15) is 34.1 Å². The van der Waals surface area contributed by atoms with E-state index in [9.17, 15) is 9.90 Å². The van der Waals surface area contributed by atoms with Crippen molar-refractivity contribution < 1.29 is 9.90 Å². The molecule has 5 nitrogen and oxygen atoms in total. The number of hydrogen-bond donors (Lipinski definition) is 3. The second-order valence-corrected chi connectivity index (χ2v) is 5.47. The van der Waals surface area contributed by atoms with Gasteiger partial charge in [-0.1, -0.05) is 30.3 Å². The number of aryl methyl sites for hydroxylation is 1. The standard InChI is InChI=1S/C15H19N3O2S/c1-10-13(15(16-2)21-18-10)14(20)17-9-8-12(19)11-6-4-3-5-7-11/h3-7,12,16,19H,8-9H2,1-2H3,(H,17,20). The van der Waals surface area contributed by atoms with Crippen LogP contribution in [-0.2, 0) is 0 Å². The maximum Gasteiger partial charge on any atom is 0.256 e. The molecule has 0 aliphatic carbocycles. The summed E-state index contributed by atoms with van der Waals surface area (Å²) in [5.74, 6) is -0.161. The first-order valence-corrected chi connectivity index (χ1v) is 7.56. The predicted molar refractivity (Wildman–Crippen MR) is 84.7 cm³/mol. The Bertz CT molecular complexity index is 598. The fourth-order valence-electron chi connectivity index (χ4n) is 2.06. The van der Waals surface area contributed by atoms with Crippen LogP contribution in [0.25, 0.3) is 0 Å². The van der Waals surface area contributed by atoms with Crippen molar-refractivity contribution in [1.29, 1.82) is 0 Å². The Morgan fingerprint density at radius 1 is 1.38 bits per heavy atom. The van der Waals surface area contributed by atoms with Gasteiger partial charge in [-0.2, -0.15) is 4.37 Å². The summed E-state index contributed by atoms with van der Waals surface area (Å²) in [4.78, 5) is 12.2. The maximum atomic E-state index is 12.2. The number of nitrogens with zero attached hydrogens (tertiary/aromatic N) is 1. The molecule has 0 spiro atoms. The number of nitrogens with one attached hydrogen (secondary N) is 2. The zero-order chi connectivity index (χ0) is 15.2. The number of aliphatic hydroxyl groups excluding tert-OH is 1. The Morgan fingerprint density at radius 2 is 2.10 bits per heavy atom. The van der Waals surface area contributed by atoms with E-state index in [1.807, 2.05) is 37.3 Å². The largest absolute Gasteiger partial charge is 0.388 e. The fraction of sp³-hybridized carbons (Fsp3) is 0.333. The van der Waals surface area contributed by atoms with E-state index in [1.165, 1.54) is 11.5 Å². The van der Waals surface area contributed by atoms with Gasteiger partial charge in [0.25, 0.3) is 5.91 Å². The molecule has 112 valence electrons. The highest BCUT2D eigenvalue weighted by Gasteiger charge is 2.17. The second-order valence-electron chi connectivity index (χ2n) is 4.69. The molecule has 2 aromatic rings. The van der Waals surface area contributed by atoms with Crippen molar-refractivity contribution >= 4 is 22.4 Å². The third-order valence-corrected chi connectivity index (χ3v) is 4.16. The van der Waals surface area contributed by atoms with Crippen LogP contribution in [0.5, 0.6) is 0 Å². The number of carbonyl (C=O) groups is 1. The van der Waals surface area contributed by atoms with Crippen LogP contribution in [0.2, 0.25) is 0 Å². The molecule has 21 heavy (non-hydrogen) atoms. The summed E-state index contributed by atoms with van der Waals surface area (Å²) in [6.45, 7) is 2.22. The molecular formula is C15H19N3O2S. The normalized spacial score (nSPS) is 12.0. The van der Waals surface area contributed by atoms with Gasteiger partial charge in [-0.3, -0.25) is 4.79 Å². The molecule has 1 aromatic heterocycles. The first-order valence-electron chi connectivity index (χ1n) is 6.78. The number of aliphatic hydroxyl groups is 1. The van der Waals surface area contributed by atoms with E-state index in [-0.39, 0.29) is 5.91 Å². The monoisotopic (exact) mass is 305 g/mol. The number of carbonyl (C=O) groups excluding carboxylic acids is 1. The molecule has 0 fully saturated rings. The fourth-order valence-corrected chi connectivity index (χ4v) is 2.80. The van der Waals surface area contributed by atoms with Crippen molar-refractivity contribution in [2.24, 2.45) is 0 Å². The van der Waals surface area contributed by atoms with Gasteiger partial charge in [0.2, 0.25) is 0 Å². The molecule has 1 amide bonds. The quantitative estimate of drug-likeness (QED) is 0.766. The average molecular weight is 305 g/mol. The highest BCUT2D eigenvalue weighted by atomic mass is 32.1. The van der Waals surface area contributed by atoms with Crippen LogP contribution >= 0.6 is 11.5 Å². The van der Waals surface area contributed by atoms with Crippen LogP contribution in [0.3, 0.4) is 0 Å². The Kier molecular flexibility index (Phi) is 5.30. The van der Waals surface area contributed by atoms with Crippen molar-refractivity contribution in [3.8, 4) is 0 Å². The molecule has 1 unspecified atom stereocenters. The number of aromatic nitrogens is 1. The third kappa shape index (κ3) is 3.80. The van der Waals surface area contributed by atoms with Crippen LogP contribution in [0.4, 0.5) is 5.00 Å². The molecule has 6 heteroatoms. The SMILES string of the molecule is CNc1snc(C)c1C(=O)NCCC(O)c1ccccc1. The van der Waals surface area contributed by atoms with E-state index < -0.39 is 6.10 Å². The van der Waals surface area contributed by atoms with E-state index in [0.717, 1.165) is 10.6 Å². The highest BCUT2D eigenvalue weighted by molar-refractivity contribution is 7.10. The number of benzene rings is 1. The molecule has 0 saturated carbocycles. The van der Waals surface area contributed by atoms with Gasteiger partial charge in [-0.05, 0) is 30.4 Å². The lowest BCUT2D eigenvalue weighted by Gasteiger charge is -2.12. The summed E-state index contributed by atoms with van der Waals surface area (Å²) in [6, 6.07) is 9.42. The lowest BCUT2D eigenvalue weighted by molar-refractivity contribution is 0.0943. The topological polar surface area (TPSA) is 74.2 Å². The molecule has 1 atom stereocenters. The molecule has 2 rings (SSSR count). The summed E-state index contributed by atoms with van der Waals surface area (Å²) in [5.41, 5.74) is 2.15. The molecule has 0 saturated heterocycles. The minimum Gasteiger partial charge on any atom is -0.388 e. The van der Waals surface area contributed by atoms with Crippen molar-refractivity contribution in [2.45, 2.75) is 19.4 Å². The predicted octanol–water partition coefficient (Wildman–Crippen LogP) is 2.35. The van der Waals surface area contributed by atoms with Gasteiger partial charge < -0.3 is 15.7 Å². The van der Waals surface area contributed by atoms with E-state index in [1.54, 1.807) is 7.05 Å². The summed E-state index contributed by atoms with van der Waals surface area (Å²) in [7, 11) is 1.77. The van der Waals surface area contributed by atoms with E-state index in [2.05, 4.69) is 15.0 Å². The number of hydrogen-bond acceptors (Lipinski definition) is 5. The molecule has 3 N–H and O–H groups in total. The van der Waals surface area contributed by atoms with Gasteiger partial charge in [0, 0.05) is 13.6 Å². The van der Waals surface area contributed by atoms with Crippen LogP contribution < -0.4 is 10.6 Å². The van der Waals surface area contributed by atoms with E-state index >= 15 is 0 Å². The Hall–Kier alpha value is -1.92. The molecule has 0 aliphatic heterocycles. The Balaban J connectivity index is 1.89. The van der Waals surface area contributed by atoms with Gasteiger partial charge in [0.05, 0.1) is 17.4 Å². The van der Waals surface area contributed by atoms with E-state index in [0.29, 0.717) is 24.2 Å². The lowest BCUT2D eigenvalue weighted by Crippen LogP contribution is -2.26. The molecular weight excluding hydrogens is 286 g/mol. The Labute approximate surface area is 128 Å². The van der Waals surface area contributed by atoms with Gasteiger partial charge >= 0.3 is 0 Å². The summed E-state index contributed by atoms with van der Waals surface area (Å²) >= 11 is 1.27. The van der Waals surface area contributed by atoms with Crippen molar-refractivity contribution in [3.05, 3.63) is 47.2 Å². The van der Waals surface area contributed by atoms with Gasteiger partial charge in [-0.25, -0.2) is 0 Å². The minimum atomic E-state index is -0.572. The van der Waals surface area contributed by atoms with Crippen molar-refractivity contribution in [1.82, 2.24) is 9.69 Å². The maximum absolute atomic E-state index is 12.2. The van der Waals surface area contributed by atoms with Crippen molar-refractivity contribution in [2.75, 3.05) is 18.9 Å². The summed E-state index contributed by atoms with van der Waals surface area (Å²) < 4.78 is 4.17. The minimum absolute atomic E-state index is 0.161. The number of rotatable bonds is 6. The van der Waals surface area contributed by atoms with E-state index in [4.69, 9.17) is 0 Å². The third-order valence-electron chi connectivity index (χ3n) is 3.20. The Morgan fingerprint density at radius 3 is 2.76 bits per heavy atom. The van der Waals surface area contributed by atoms with Gasteiger partial charge in [0.15, 0.2) is 0 Å². The zero-order valence-electron chi connectivity index (χ0n) is 12.1. The molecule has 1 heterocycles. The number of amides is 1. The van der Waals surface area contributed by atoms with Crippen molar-refractivity contribution in [3.63, 3.8) is 0 Å². The van der Waals surface area contributed by atoms with Gasteiger partial charge in [-0.15, -0.1) is 0 Å². The first kappa shape index (κ1) is 15.5. The molecule has 0 radical (unpaired) electrons. The van der Waals surface area contributed by atoms with Gasteiger partial charge in [0.1, 0.15) is 5.00 Å². The van der Waals surface area contributed by atoms with Crippen LogP contribution in [-0.4, -0.2) is 29.0 Å². The highest BCUT2D eigenvalue weighted by Crippen LogP contribution is 2.23. The summed E-state index contributed by atoms with van der Waals surface area (Å²) in [6.07, 6.45) is -0.0988. The average Bonchev–Trinajstić information content (AvgIpc) is 2.89. The second kappa shape index (κ2) is 7.19. The lowest BCUT2D eigenvalue weighted by atomic mass is 10.1. The number of anilines is 1. The molecule has 0 aliphatic rings. The first-order chi connectivity index (χ1) is 10.1. The van der Waals surface area contributed by atoms with Crippen LogP contribution in [0.15, 0.2) is 30.3 Å². The molecule has 1 aromatic carbocycles. The zero-order valence-corrected chi connectivity index (χ0v) is 12.9. The molecule has 0 bridgehead atoms.